The molecule has 1 saturated heterocycles. The van der Waals surface area contributed by atoms with E-state index in [1.54, 1.807) is 18.2 Å². The Morgan fingerprint density at radius 3 is 2.48 bits per heavy atom. The summed E-state index contributed by atoms with van der Waals surface area (Å²) in [5, 5.41) is 0. The summed E-state index contributed by atoms with van der Waals surface area (Å²) in [6.07, 6.45) is 1.62. The lowest BCUT2D eigenvalue weighted by Crippen LogP contribution is -2.42. The summed E-state index contributed by atoms with van der Waals surface area (Å²) < 4.78 is 32.8. The molecule has 21 heavy (non-hydrogen) atoms. The van der Waals surface area contributed by atoms with Gasteiger partial charge >= 0.3 is 0 Å². The van der Waals surface area contributed by atoms with E-state index in [9.17, 15) is 8.42 Å². The van der Waals surface area contributed by atoms with Crippen LogP contribution in [-0.4, -0.2) is 39.0 Å². The van der Waals surface area contributed by atoms with Gasteiger partial charge < -0.3 is 10.5 Å². The van der Waals surface area contributed by atoms with Gasteiger partial charge in [0.15, 0.2) is 0 Å². The summed E-state index contributed by atoms with van der Waals surface area (Å²) in [6, 6.07) is 5.01. The Labute approximate surface area is 134 Å². The van der Waals surface area contributed by atoms with Gasteiger partial charge in [-0.3, -0.25) is 0 Å². The molecule has 0 bridgehead atoms. The summed E-state index contributed by atoms with van der Waals surface area (Å²) in [5.74, 6) is 0.918. The monoisotopic (exact) mass is 376 g/mol. The molecule has 1 aromatic carbocycles. The first-order valence-electron chi connectivity index (χ1n) is 6.95. The van der Waals surface area contributed by atoms with Crippen molar-refractivity contribution in [3.63, 3.8) is 0 Å². The van der Waals surface area contributed by atoms with E-state index in [2.05, 4.69) is 15.9 Å². The maximum atomic E-state index is 12.7. The minimum atomic E-state index is -3.48. The molecule has 1 aromatic rings. The van der Waals surface area contributed by atoms with Crippen LogP contribution in [0.25, 0.3) is 0 Å². The molecule has 2 N–H and O–H groups in total. The van der Waals surface area contributed by atoms with Crippen molar-refractivity contribution < 1.29 is 13.2 Å². The molecule has 0 saturated carbocycles. The lowest BCUT2D eigenvalue weighted by molar-refractivity contribution is 0.250. The van der Waals surface area contributed by atoms with E-state index in [4.69, 9.17) is 10.5 Å². The molecule has 5 nitrogen and oxygen atoms in total. The third-order valence-corrected chi connectivity index (χ3v) is 6.29. The second-order valence-electron chi connectivity index (χ2n) is 5.43. The highest BCUT2D eigenvalue weighted by Crippen LogP contribution is 2.29. The van der Waals surface area contributed by atoms with Gasteiger partial charge in [-0.15, -0.1) is 0 Å². The number of sulfonamides is 1. The van der Waals surface area contributed by atoms with Gasteiger partial charge in [0.1, 0.15) is 5.75 Å². The molecule has 1 fully saturated rings. The van der Waals surface area contributed by atoms with Crippen molar-refractivity contribution in [1.29, 1.82) is 0 Å². The molecule has 0 radical (unpaired) electrons. The first-order valence-corrected chi connectivity index (χ1v) is 9.18. The number of rotatable bonds is 4. The normalized spacial score (nSPS) is 19.4. The number of hydrogen-bond donors (Lipinski definition) is 1. The van der Waals surface area contributed by atoms with Crippen molar-refractivity contribution in [2.24, 2.45) is 11.7 Å². The first-order chi connectivity index (χ1) is 9.84. The third kappa shape index (κ3) is 3.77. The third-order valence-electron chi connectivity index (χ3n) is 3.96. The number of piperidine rings is 1. The molecule has 0 aromatic heterocycles. The molecule has 1 unspecified atom stereocenters. The van der Waals surface area contributed by atoms with Crippen molar-refractivity contribution in [2.45, 2.75) is 30.7 Å². The molecule has 0 aliphatic carbocycles. The van der Waals surface area contributed by atoms with E-state index in [1.165, 1.54) is 11.4 Å². The van der Waals surface area contributed by atoms with Crippen LogP contribution in [0.15, 0.2) is 27.6 Å². The van der Waals surface area contributed by atoms with E-state index in [0.717, 1.165) is 12.8 Å². The lowest BCUT2D eigenvalue weighted by atomic mass is 9.92. The molecular weight excluding hydrogens is 356 g/mol. The second-order valence-corrected chi connectivity index (χ2v) is 8.28. The van der Waals surface area contributed by atoms with Crippen molar-refractivity contribution in [3.8, 4) is 5.75 Å². The van der Waals surface area contributed by atoms with Gasteiger partial charge in [0.05, 0.1) is 12.0 Å². The van der Waals surface area contributed by atoms with Crippen LogP contribution in [0.4, 0.5) is 0 Å². The highest BCUT2D eigenvalue weighted by atomic mass is 79.9. The van der Waals surface area contributed by atoms with Gasteiger partial charge in [0.2, 0.25) is 10.0 Å². The van der Waals surface area contributed by atoms with Crippen LogP contribution in [-0.2, 0) is 10.0 Å². The van der Waals surface area contributed by atoms with E-state index in [1.807, 2.05) is 6.92 Å². The summed E-state index contributed by atoms with van der Waals surface area (Å²) in [6.45, 7) is 3.01. The Balaban J connectivity index is 2.21. The second kappa shape index (κ2) is 6.64. The van der Waals surface area contributed by atoms with E-state index in [0.29, 0.717) is 29.2 Å². The fourth-order valence-corrected chi connectivity index (χ4v) is 4.75. The molecule has 1 heterocycles. The summed E-state index contributed by atoms with van der Waals surface area (Å²) in [5.41, 5.74) is 5.90. The predicted molar refractivity (Wildman–Crippen MR) is 85.8 cm³/mol. The standard InChI is InChI=1S/C14H21BrN2O3S/c1-10(16)11-3-5-17(6-4-11)21(18,19)14-8-12(15)7-13(9-14)20-2/h7-11H,3-6,16H2,1-2H3. The van der Waals surface area contributed by atoms with Crippen molar-refractivity contribution in [3.05, 3.63) is 22.7 Å². The fourth-order valence-electron chi connectivity index (χ4n) is 2.59. The van der Waals surface area contributed by atoms with Crippen LogP contribution < -0.4 is 10.5 Å². The number of halogens is 1. The van der Waals surface area contributed by atoms with Crippen molar-refractivity contribution in [2.75, 3.05) is 20.2 Å². The zero-order chi connectivity index (χ0) is 15.6. The van der Waals surface area contributed by atoms with E-state index in [-0.39, 0.29) is 10.9 Å². The molecule has 1 aliphatic rings. The highest BCUT2D eigenvalue weighted by molar-refractivity contribution is 9.10. The molecule has 2 rings (SSSR count). The molecule has 7 heteroatoms. The average molecular weight is 377 g/mol. The minimum absolute atomic E-state index is 0.112. The Morgan fingerprint density at radius 2 is 1.95 bits per heavy atom. The number of benzene rings is 1. The SMILES string of the molecule is COc1cc(Br)cc(S(=O)(=O)N2CCC(C(C)N)CC2)c1. The molecule has 1 atom stereocenters. The van der Waals surface area contributed by atoms with Crippen LogP contribution in [0.1, 0.15) is 19.8 Å². The number of methoxy groups -OCH3 is 1. The largest absolute Gasteiger partial charge is 0.497 e. The number of nitrogens with zero attached hydrogens (tertiary/aromatic N) is 1. The van der Waals surface area contributed by atoms with Crippen LogP contribution in [0, 0.1) is 5.92 Å². The molecule has 1 aliphatic heterocycles. The topological polar surface area (TPSA) is 72.6 Å². The van der Waals surface area contributed by atoms with Crippen molar-refractivity contribution >= 4 is 26.0 Å². The zero-order valence-electron chi connectivity index (χ0n) is 12.3. The summed E-state index contributed by atoms with van der Waals surface area (Å²) in [4.78, 5) is 0.257. The lowest BCUT2D eigenvalue weighted by Gasteiger charge is -2.33. The van der Waals surface area contributed by atoms with Gasteiger partial charge in [0, 0.05) is 29.7 Å². The minimum Gasteiger partial charge on any atom is -0.497 e. The van der Waals surface area contributed by atoms with Gasteiger partial charge in [-0.1, -0.05) is 15.9 Å². The van der Waals surface area contributed by atoms with Gasteiger partial charge in [-0.25, -0.2) is 8.42 Å². The Morgan fingerprint density at radius 1 is 1.33 bits per heavy atom. The molecule has 0 amide bonds. The Bertz CT molecular complexity index is 596. The Hall–Kier alpha value is -0.630. The van der Waals surface area contributed by atoms with Gasteiger partial charge in [-0.05, 0) is 37.8 Å². The molecular formula is C14H21BrN2O3S. The van der Waals surface area contributed by atoms with Crippen LogP contribution >= 0.6 is 15.9 Å². The van der Waals surface area contributed by atoms with Crippen molar-refractivity contribution in [1.82, 2.24) is 4.31 Å². The van der Waals surface area contributed by atoms with Gasteiger partial charge in [0.25, 0.3) is 0 Å². The molecule has 118 valence electrons. The Kier molecular flexibility index (Phi) is 5.29. The van der Waals surface area contributed by atoms with E-state index >= 15 is 0 Å². The van der Waals surface area contributed by atoms with Crippen LogP contribution in [0.2, 0.25) is 0 Å². The van der Waals surface area contributed by atoms with Gasteiger partial charge in [-0.2, -0.15) is 4.31 Å². The summed E-state index contributed by atoms with van der Waals surface area (Å²) >= 11 is 3.32. The quantitative estimate of drug-likeness (QED) is 0.873. The maximum Gasteiger partial charge on any atom is 0.243 e. The van der Waals surface area contributed by atoms with Crippen LogP contribution in [0.5, 0.6) is 5.75 Å². The first kappa shape index (κ1) is 16.7. The number of nitrogens with two attached hydrogens (primary N) is 1. The summed E-state index contributed by atoms with van der Waals surface area (Å²) in [7, 11) is -1.96. The average Bonchev–Trinajstić information content (AvgIpc) is 2.46. The fraction of sp³-hybridized carbons (Fsp3) is 0.571. The number of ether oxygens (including phenoxy) is 1. The number of hydrogen-bond acceptors (Lipinski definition) is 4. The highest BCUT2D eigenvalue weighted by Gasteiger charge is 2.30. The maximum absolute atomic E-state index is 12.7. The zero-order valence-corrected chi connectivity index (χ0v) is 14.7. The van der Waals surface area contributed by atoms with E-state index < -0.39 is 10.0 Å². The smallest absolute Gasteiger partial charge is 0.243 e. The predicted octanol–water partition coefficient (Wildman–Crippen LogP) is 2.21. The molecule has 0 spiro atoms. The van der Waals surface area contributed by atoms with Crippen LogP contribution in [0.3, 0.4) is 0 Å².